The van der Waals surface area contributed by atoms with Crippen LogP contribution in [-0.2, 0) is 24.7 Å². The molecule has 1 aliphatic heterocycles. The first-order chi connectivity index (χ1) is 14.0. The monoisotopic (exact) mass is 387 g/mol. The molecule has 29 heavy (non-hydrogen) atoms. The summed E-state index contributed by atoms with van der Waals surface area (Å²) in [6.07, 6.45) is 3.17. The SMILES string of the molecule is Cc1nc(N)c2c(-c3ccc4c(c3)CCN4C(=O)Cc3cccn3C)[nH]nc2n1. The molecule has 1 aliphatic rings. The molecule has 1 amide bonds. The number of nitrogens with zero attached hydrogens (tertiary/aromatic N) is 5. The Hall–Kier alpha value is -3.68. The molecule has 0 saturated heterocycles. The highest BCUT2D eigenvalue weighted by molar-refractivity contribution is 6.00. The maximum absolute atomic E-state index is 12.9. The Labute approximate surface area is 167 Å². The number of benzene rings is 1. The van der Waals surface area contributed by atoms with Gasteiger partial charge in [0.25, 0.3) is 0 Å². The van der Waals surface area contributed by atoms with E-state index in [1.54, 1.807) is 6.92 Å². The highest BCUT2D eigenvalue weighted by Gasteiger charge is 2.26. The molecule has 0 radical (unpaired) electrons. The fourth-order valence-corrected chi connectivity index (χ4v) is 4.02. The molecule has 0 fully saturated rings. The minimum Gasteiger partial charge on any atom is -0.383 e. The van der Waals surface area contributed by atoms with E-state index in [1.165, 1.54) is 0 Å². The molecular weight excluding hydrogens is 366 g/mol. The minimum atomic E-state index is 0.110. The van der Waals surface area contributed by atoms with Gasteiger partial charge in [-0.2, -0.15) is 5.10 Å². The first kappa shape index (κ1) is 17.4. The van der Waals surface area contributed by atoms with Gasteiger partial charge < -0.3 is 15.2 Å². The first-order valence-electron chi connectivity index (χ1n) is 9.53. The van der Waals surface area contributed by atoms with Crippen molar-refractivity contribution in [3.63, 3.8) is 0 Å². The summed E-state index contributed by atoms with van der Waals surface area (Å²) < 4.78 is 1.98. The highest BCUT2D eigenvalue weighted by atomic mass is 16.2. The fourth-order valence-electron chi connectivity index (χ4n) is 4.02. The molecule has 4 aromatic rings. The van der Waals surface area contributed by atoms with Crippen molar-refractivity contribution in [2.24, 2.45) is 7.05 Å². The topological polar surface area (TPSA) is 106 Å². The van der Waals surface area contributed by atoms with E-state index in [-0.39, 0.29) is 5.91 Å². The van der Waals surface area contributed by atoms with Crippen LogP contribution in [0.2, 0.25) is 0 Å². The van der Waals surface area contributed by atoms with E-state index < -0.39 is 0 Å². The van der Waals surface area contributed by atoms with Gasteiger partial charge in [0, 0.05) is 36.7 Å². The van der Waals surface area contributed by atoms with Crippen molar-refractivity contribution in [2.75, 3.05) is 17.2 Å². The molecule has 8 heteroatoms. The molecule has 0 aliphatic carbocycles. The second kappa shape index (κ2) is 6.44. The van der Waals surface area contributed by atoms with Crippen LogP contribution in [0.5, 0.6) is 0 Å². The van der Waals surface area contributed by atoms with Crippen LogP contribution >= 0.6 is 0 Å². The molecule has 0 spiro atoms. The van der Waals surface area contributed by atoms with Crippen LogP contribution in [0.25, 0.3) is 22.3 Å². The van der Waals surface area contributed by atoms with E-state index in [0.717, 1.165) is 40.0 Å². The van der Waals surface area contributed by atoms with Gasteiger partial charge in [0.1, 0.15) is 11.6 Å². The van der Waals surface area contributed by atoms with Gasteiger partial charge in [-0.3, -0.25) is 9.89 Å². The van der Waals surface area contributed by atoms with Crippen LogP contribution in [0, 0.1) is 6.92 Å². The smallest absolute Gasteiger partial charge is 0.232 e. The number of H-pyrrole nitrogens is 1. The molecule has 0 unspecified atom stereocenters. The summed E-state index contributed by atoms with van der Waals surface area (Å²) in [5.41, 5.74) is 11.6. The molecular formula is C21H21N7O. The summed E-state index contributed by atoms with van der Waals surface area (Å²) in [7, 11) is 1.96. The summed E-state index contributed by atoms with van der Waals surface area (Å²) in [6.45, 7) is 2.48. The summed E-state index contributed by atoms with van der Waals surface area (Å²) in [5, 5.41) is 8.05. The number of aromatic nitrogens is 5. The Bertz CT molecular complexity index is 1250. The summed E-state index contributed by atoms with van der Waals surface area (Å²) in [6, 6.07) is 10.0. The lowest BCUT2D eigenvalue weighted by atomic mass is 10.0. The molecule has 8 nitrogen and oxygen atoms in total. The second-order valence-electron chi connectivity index (χ2n) is 7.38. The Morgan fingerprint density at radius 2 is 2.14 bits per heavy atom. The van der Waals surface area contributed by atoms with Crippen molar-refractivity contribution >= 4 is 28.4 Å². The number of carbonyl (C=O) groups is 1. The molecule has 3 N–H and O–H groups in total. The molecule has 146 valence electrons. The summed E-state index contributed by atoms with van der Waals surface area (Å²) >= 11 is 0. The number of aromatic amines is 1. The lowest BCUT2D eigenvalue weighted by Crippen LogP contribution is -2.30. The van der Waals surface area contributed by atoms with Crippen LogP contribution in [-0.4, -0.2) is 37.2 Å². The van der Waals surface area contributed by atoms with E-state index in [0.29, 0.717) is 30.3 Å². The molecule has 3 aromatic heterocycles. The molecule has 1 aromatic carbocycles. The van der Waals surface area contributed by atoms with Crippen molar-refractivity contribution < 1.29 is 4.79 Å². The number of nitrogen functional groups attached to an aromatic ring is 1. The van der Waals surface area contributed by atoms with Crippen LogP contribution in [0.15, 0.2) is 36.5 Å². The van der Waals surface area contributed by atoms with Gasteiger partial charge in [-0.25, -0.2) is 9.97 Å². The zero-order valence-corrected chi connectivity index (χ0v) is 16.3. The normalized spacial score (nSPS) is 13.2. The van der Waals surface area contributed by atoms with Gasteiger partial charge >= 0.3 is 0 Å². The Morgan fingerprint density at radius 1 is 1.28 bits per heavy atom. The number of amides is 1. The minimum absolute atomic E-state index is 0.110. The quantitative estimate of drug-likeness (QED) is 0.561. The third kappa shape index (κ3) is 2.84. The van der Waals surface area contributed by atoms with Crippen molar-refractivity contribution in [2.45, 2.75) is 19.8 Å². The van der Waals surface area contributed by atoms with Gasteiger partial charge in [0.2, 0.25) is 5.91 Å². The Balaban J connectivity index is 1.47. The van der Waals surface area contributed by atoms with Crippen LogP contribution in [0.1, 0.15) is 17.1 Å². The standard InChI is InChI=1S/C21H21N7O/c1-12-23-20(22)18-19(25-26-21(18)24-12)14-5-6-16-13(10-14)7-9-28(16)17(29)11-15-4-3-8-27(15)2/h3-6,8,10H,7,9,11H2,1-2H3,(H3,22,23,24,25,26). The predicted molar refractivity (Wildman–Crippen MR) is 111 cm³/mol. The maximum Gasteiger partial charge on any atom is 0.232 e. The predicted octanol–water partition coefficient (Wildman–Crippen LogP) is 2.38. The number of hydrogen-bond acceptors (Lipinski definition) is 5. The Morgan fingerprint density at radius 3 is 2.93 bits per heavy atom. The van der Waals surface area contributed by atoms with E-state index in [1.807, 2.05) is 47.0 Å². The summed E-state index contributed by atoms with van der Waals surface area (Å²) in [4.78, 5) is 23.3. The first-order valence-corrected chi connectivity index (χ1v) is 9.53. The summed E-state index contributed by atoms with van der Waals surface area (Å²) in [5.74, 6) is 1.11. The number of hydrogen-bond donors (Lipinski definition) is 2. The Kier molecular flexibility index (Phi) is 3.87. The molecule has 0 bridgehead atoms. The number of aryl methyl sites for hydroxylation is 2. The second-order valence-corrected chi connectivity index (χ2v) is 7.38. The lowest BCUT2D eigenvalue weighted by molar-refractivity contribution is -0.118. The molecule has 0 atom stereocenters. The van der Waals surface area contributed by atoms with E-state index >= 15 is 0 Å². The lowest BCUT2D eigenvalue weighted by Gasteiger charge is -2.18. The zero-order valence-electron chi connectivity index (χ0n) is 16.3. The van der Waals surface area contributed by atoms with Crippen LogP contribution in [0.4, 0.5) is 11.5 Å². The average Bonchev–Trinajstić information content (AvgIpc) is 3.39. The van der Waals surface area contributed by atoms with Crippen molar-refractivity contribution in [1.29, 1.82) is 0 Å². The van der Waals surface area contributed by atoms with Gasteiger partial charge in [-0.1, -0.05) is 6.07 Å². The third-order valence-electron chi connectivity index (χ3n) is 5.50. The third-order valence-corrected chi connectivity index (χ3v) is 5.50. The van der Waals surface area contributed by atoms with Crippen LogP contribution < -0.4 is 10.6 Å². The van der Waals surface area contributed by atoms with Crippen molar-refractivity contribution in [3.05, 3.63) is 53.6 Å². The zero-order chi connectivity index (χ0) is 20.1. The number of anilines is 2. The highest BCUT2D eigenvalue weighted by Crippen LogP contribution is 2.35. The fraction of sp³-hybridized carbons (Fsp3) is 0.238. The number of nitrogens with one attached hydrogen (secondary N) is 1. The van der Waals surface area contributed by atoms with Crippen LogP contribution in [0.3, 0.4) is 0 Å². The van der Waals surface area contributed by atoms with Gasteiger partial charge in [-0.05, 0) is 43.2 Å². The van der Waals surface area contributed by atoms with E-state index in [4.69, 9.17) is 5.73 Å². The number of nitrogens with two attached hydrogens (primary N) is 1. The molecule has 4 heterocycles. The average molecular weight is 387 g/mol. The van der Waals surface area contributed by atoms with Crippen molar-refractivity contribution in [1.82, 2.24) is 24.7 Å². The largest absolute Gasteiger partial charge is 0.383 e. The van der Waals surface area contributed by atoms with Gasteiger partial charge in [0.05, 0.1) is 17.5 Å². The number of fused-ring (bicyclic) bond motifs is 2. The maximum atomic E-state index is 12.9. The van der Waals surface area contributed by atoms with Crippen molar-refractivity contribution in [3.8, 4) is 11.3 Å². The van der Waals surface area contributed by atoms with Gasteiger partial charge in [-0.15, -0.1) is 0 Å². The molecule has 0 saturated carbocycles. The number of rotatable bonds is 3. The van der Waals surface area contributed by atoms with Gasteiger partial charge in [0.15, 0.2) is 5.65 Å². The van der Waals surface area contributed by atoms with E-state index in [2.05, 4.69) is 26.2 Å². The van der Waals surface area contributed by atoms with E-state index in [9.17, 15) is 4.79 Å². The molecule has 5 rings (SSSR count). The number of carbonyl (C=O) groups excluding carboxylic acids is 1.